The molecule has 0 aromatic heterocycles. The molecule has 8 atom stereocenters. The second-order valence-electron chi connectivity index (χ2n) is 7.86. The van der Waals surface area contributed by atoms with Gasteiger partial charge in [-0.25, -0.2) is 17.6 Å². The minimum atomic E-state index is -2.51. The number of alkyl halides is 2. The smallest absolute Gasteiger partial charge is 0.488 e. The Morgan fingerprint density at radius 3 is 2.06 bits per heavy atom. The molecule has 0 aliphatic carbocycles. The number of hydrogen-bond acceptors (Lipinski definition) is 8. The summed E-state index contributed by atoms with van der Waals surface area (Å²) < 4.78 is 54.6. The van der Waals surface area contributed by atoms with Crippen LogP contribution in [0, 0.1) is 17.0 Å². The summed E-state index contributed by atoms with van der Waals surface area (Å²) in [5.74, 6) is -1.22. The van der Waals surface area contributed by atoms with E-state index in [2.05, 4.69) is 79.2 Å². The maximum absolute atomic E-state index is 13.3. The third-order valence-corrected chi connectivity index (χ3v) is 63.8. The van der Waals surface area contributed by atoms with Gasteiger partial charge in [0.15, 0.2) is 17.9 Å². The zero-order valence-corrected chi connectivity index (χ0v) is 37.8. The van der Waals surface area contributed by atoms with Crippen LogP contribution in [-0.2, 0) is 0 Å². The van der Waals surface area contributed by atoms with E-state index < -0.39 is 31.7 Å². The molecular weight excluding hydrogens is 892 g/mol. The number of nitrogens with one attached hydrogen (secondary N) is 1. The maximum Gasteiger partial charge on any atom is 0.488 e. The number of carbonyl (C=O) groups is 1. The number of methoxy groups -OCH3 is 1. The van der Waals surface area contributed by atoms with Crippen molar-refractivity contribution in [2.24, 2.45) is 16.5 Å². The summed E-state index contributed by atoms with van der Waals surface area (Å²) in [6.45, 7) is 0.154. The standard InChI is InChI=1S/C12H11F3N2O.C7H8BFO3.C3H5BrN2.H13P11/c13-10-5-8(1-2-9(10)7-18)11(16)3-4-17-6-12(14)15;1-12-7-3-2-5(8(10)11)4-6(7)9;4-3(6)1-2-5;1-7-10(6)11(8(2)3)9(4)5/h1-5,7,12H,6,16H2;2-4,10-11H,1H3;1-2,6H,5H2;7H,1-6H2/b;;2-1-,6-3?;. The highest BCUT2D eigenvalue weighted by molar-refractivity contribution is 9.19. The molecule has 0 saturated carbocycles. The van der Waals surface area contributed by atoms with E-state index in [4.69, 9.17) is 26.9 Å². The Bertz CT molecular complexity index is 1320. The van der Waals surface area contributed by atoms with Crippen LogP contribution < -0.4 is 21.7 Å². The first kappa shape index (κ1) is 50.4. The van der Waals surface area contributed by atoms with Gasteiger partial charge in [0, 0.05) is 17.5 Å². The molecule has 25 heteroatoms. The molecule has 47 heavy (non-hydrogen) atoms. The Hall–Kier alpha value is 1.24. The molecule has 2 rings (SSSR count). The van der Waals surface area contributed by atoms with E-state index >= 15 is 0 Å². The van der Waals surface area contributed by atoms with Crippen LogP contribution in [0.5, 0.6) is 5.75 Å². The normalized spacial score (nSPS) is 12.2. The van der Waals surface area contributed by atoms with Gasteiger partial charge in [-0.15, -0.1) is 53.6 Å². The summed E-state index contributed by atoms with van der Waals surface area (Å²) in [7, 11) is 18.6. The monoisotopic (exact) mass is 928 g/mol. The second kappa shape index (κ2) is 29.8. The molecule has 0 fully saturated rings. The van der Waals surface area contributed by atoms with Crippen molar-refractivity contribution in [3.05, 3.63) is 77.5 Å². The lowest BCUT2D eigenvalue weighted by atomic mass is 9.80. The van der Waals surface area contributed by atoms with Crippen LogP contribution >= 0.6 is 105 Å². The summed E-state index contributed by atoms with van der Waals surface area (Å²) in [5.41, 5.74) is 11.0. The average molecular weight is 929 g/mol. The van der Waals surface area contributed by atoms with E-state index in [9.17, 15) is 22.4 Å². The van der Waals surface area contributed by atoms with Crippen molar-refractivity contribution in [3.8, 4) is 5.75 Å². The van der Waals surface area contributed by atoms with Crippen LogP contribution in [0.15, 0.2) is 59.7 Å². The highest BCUT2D eigenvalue weighted by atomic mass is 79.9. The fourth-order valence-corrected chi connectivity index (χ4v) is 97.9. The summed E-state index contributed by atoms with van der Waals surface area (Å²) in [6, 6.07) is 7.57. The number of rotatable bonds is 12. The number of nitrogens with zero attached hydrogens (tertiary/aromatic N) is 1. The third-order valence-electron chi connectivity index (χ3n) is 4.52. The Morgan fingerprint density at radius 1 is 1.13 bits per heavy atom. The topological polar surface area (TPSA) is 155 Å². The van der Waals surface area contributed by atoms with Crippen molar-refractivity contribution in [1.29, 1.82) is 5.41 Å². The molecule has 0 heterocycles. The van der Waals surface area contributed by atoms with Gasteiger partial charge in [0.2, 0.25) is 0 Å². The van der Waals surface area contributed by atoms with Crippen LogP contribution in [0.2, 0.25) is 0 Å². The van der Waals surface area contributed by atoms with Crippen molar-refractivity contribution in [3.63, 3.8) is 0 Å². The van der Waals surface area contributed by atoms with Gasteiger partial charge in [0.1, 0.15) is 5.82 Å². The number of halogens is 5. The van der Waals surface area contributed by atoms with E-state index in [0.29, 0.717) is 16.5 Å². The van der Waals surface area contributed by atoms with Crippen molar-refractivity contribution in [2.75, 3.05) is 13.7 Å². The quantitative estimate of drug-likeness (QED) is 0.0473. The summed E-state index contributed by atoms with van der Waals surface area (Å²) in [4.78, 5) is 13.8. The predicted octanol–water partition coefficient (Wildman–Crippen LogP) is 8.61. The van der Waals surface area contributed by atoms with Gasteiger partial charge >= 0.3 is 7.12 Å². The highest BCUT2D eigenvalue weighted by Gasteiger charge is 2.23. The number of allylic oxidation sites excluding steroid dienone is 2. The first-order valence-corrected chi connectivity index (χ1v) is 32.2. The van der Waals surface area contributed by atoms with E-state index in [1.165, 1.54) is 49.7 Å². The highest BCUT2D eigenvalue weighted by Crippen LogP contribution is 3.12. The van der Waals surface area contributed by atoms with Crippen molar-refractivity contribution < 1.29 is 37.1 Å². The van der Waals surface area contributed by atoms with Crippen LogP contribution in [0.25, 0.3) is 5.70 Å². The van der Waals surface area contributed by atoms with Gasteiger partial charge in [-0.05, 0) is 92.0 Å². The molecular formula is C22H37BBrF4N4O4P11. The zero-order valence-electron chi connectivity index (χ0n) is 24.7. The summed E-state index contributed by atoms with van der Waals surface area (Å²) in [6.07, 6.45) is 3.05. The molecule has 7 N–H and O–H groups in total. The second-order valence-corrected chi connectivity index (χ2v) is 47.8. The van der Waals surface area contributed by atoms with Gasteiger partial charge in [0.05, 0.1) is 23.8 Å². The lowest BCUT2D eigenvalue weighted by Crippen LogP contribution is -2.29. The molecule has 8 unspecified atom stereocenters. The minimum Gasteiger partial charge on any atom is -0.494 e. The molecule has 0 aliphatic heterocycles. The molecule has 0 radical (unpaired) electrons. The minimum absolute atomic E-state index is 0.0714. The van der Waals surface area contributed by atoms with Crippen LogP contribution in [-0.4, -0.2) is 54.4 Å². The van der Waals surface area contributed by atoms with E-state index in [1.54, 1.807) is 0 Å². The van der Waals surface area contributed by atoms with Crippen LogP contribution in [0.4, 0.5) is 17.6 Å². The van der Waals surface area contributed by atoms with Gasteiger partial charge in [0.25, 0.3) is 6.43 Å². The van der Waals surface area contributed by atoms with Gasteiger partial charge in [-0.2, -0.15) is 0 Å². The number of hydrogen-bond donors (Lipinski definition) is 5. The Labute approximate surface area is 301 Å². The summed E-state index contributed by atoms with van der Waals surface area (Å²) >= 11 is 2.85. The fraction of sp³-hybridized carbons (Fsp3) is 0.136. The number of aliphatic imine (C=N–C) groups is 1. The van der Waals surface area contributed by atoms with Crippen molar-refractivity contribution >= 4 is 141 Å². The maximum atomic E-state index is 13.3. The first-order chi connectivity index (χ1) is 22.0. The largest absolute Gasteiger partial charge is 0.494 e. The number of carbonyl (C=O) groups excluding carboxylic acids is 1. The molecule has 0 aliphatic rings. The molecule has 0 amide bonds. The molecule has 0 spiro atoms. The van der Waals surface area contributed by atoms with E-state index in [0.717, 1.165) is 26.3 Å². The SMILES string of the molecule is COc1ccc(B(O)O)cc1F.N=C(Br)/C=C\N.NC(=CC=NCC(F)F)c1ccc(C=O)c(F)c1.PPP(P)P(P(P)P)P(P)P. The Balaban J connectivity index is 0. The number of aldehydes is 1. The van der Waals surface area contributed by atoms with Crippen LogP contribution in [0.1, 0.15) is 15.9 Å². The molecule has 2 aromatic carbocycles. The van der Waals surface area contributed by atoms with Crippen LogP contribution in [0.3, 0.4) is 0 Å². The van der Waals surface area contributed by atoms with Crippen molar-refractivity contribution in [2.45, 2.75) is 6.43 Å². The number of ether oxygens (including phenoxy) is 1. The Kier molecular flexibility index (Phi) is 31.9. The third kappa shape index (κ3) is 24.2. The molecule has 8 nitrogen and oxygen atoms in total. The van der Waals surface area contributed by atoms with E-state index in [1.807, 2.05) is 0 Å². The van der Waals surface area contributed by atoms with Gasteiger partial charge in [-0.1, -0.05) is 20.1 Å². The van der Waals surface area contributed by atoms with Gasteiger partial charge < -0.3 is 26.3 Å². The zero-order chi connectivity index (χ0) is 36.7. The molecule has 0 saturated heterocycles. The summed E-state index contributed by atoms with van der Waals surface area (Å²) in [5, 5.41) is 24.0. The van der Waals surface area contributed by atoms with E-state index in [-0.39, 0.29) is 50.4 Å². The molecule has 2 aromatic rings. The molecule has 262 valence electrons. The molecule has 0 bridgehead atoms. The predicted molar refractivity (Wildman–Crippen MR) is 230 cm³/mol. The lowest BCUT2D eigenvalue weighted by molar-refractivity contribution is 0.111. The fourth-order valence-electron chi connectivity index (χ4n) is 2.49. The lowest BCUT2D eigenvalue weighted by Gasteiger charge is -2.29. The first-order valence-electron chi connectivity index (χ1n) is 12.2. The average Bonchev–Trinajstić information content (AvgIpc) is 2.99. The number of benzene rings is 2. The number of nitrogens with two attached hydrogens (primary N) is 2. The van der Waals surface area contributed by atoms with Gasteiger partial charge in [-0.3, -0.25) is 15.2 Å². The van der Waals surface area contributed by atoms with Crippen molar-refractivity contribution in [1.82, 2.24) is 0 Å². The Morgan fingerprint density at radius 2 is 1.72 bits per heavy atom.